The van der Waals surface area contributed by atoms with E-state index in [0.29, 0.717) is 13.0 Å². The fourth-order valence-electron chi connectivity index (χ4n) is 3.07. The van der Waals surface area contributed by atoms with Crippen LogP contribution in [0.25, 0.3) is 0 Å². The molecule has 1 amide bonds. The molecular formula is C13H15NO2. The number of hydrogen-bond acceptors (Lipinski definition) is 2. The highest BCUT2D eigenvalue weighted by atomic mass is 16.3. The number of aliphatic hydroxyl groups is 1. The van der Waals surface area contributed by atoms with Crippen LogP contribution in [0.3, 0.4) is 0 Å². The van der Waals surface area contributed by atoms with Gasteiger partial charge in [0.05, 0.1) is 6.10 Å². The normalized spacial score (nSPS) is 32.6. The van der Waals surface area contributed by atoms with Crippen LogP contribution in [0.5, 0.6) is 0 Å². The van der Waals surface area contributed by atoms with Gasteiger partial charge in [-0.1, -0.05) is 24.3 Å². The number of nitrogens with one attached hydrogen (secondary N) is 1. The standard InChI is InChI=1S/C13H15NO2/c15-11-8-13(5-6-14-11)7-9-3-1-2-4-10(9)12(13)16/h1-4,12,16H,5-8H2,(H,14,15)/t12-,13?/m0/s1. The van der Waals surface area contributed by atoms with Gasteiger partial charge >= 0.3 is 0 Å². The Kier molecular flexibility index (Phi) is 2.04. The Bertz CT molecular complexity index is 443. The monoisotopic (exact) mass is 217 g/mol. The van der Waals surface area contributed by atoms with Crippen molar-refractivity contribution in [1.29, 1.82) is 0 Å². The summed E-state index contributed by atoms with van der Waals surface area (Å²) >= 11 is 0. The van der Waals surface area contributed by atoms with Crippen LogP contribution >= 0.6 is 0 Å². The Morgan fingerprint density at radius 3 is 2.88 bits per heavy atom. The summed E-state index contributed by atoms with van der Waals surface area (Å²) in [6, 6.07) is 7.97. The number of rotatable bonds is 0. The molecule has 1 aliphatic carbocycles. The maximum absolute atomic E-state index is 11.5. The molecule has 0 aromatic heterocycles. The van der Waals surface area contributed by atoms with Crippen LogP contribution in [-0.4, -0.2) is 17.6 Å². The molecule has 1 aromatic rings. The van der Waals surface area contributed by atoms with Gasteiger partial charge in [-0.05, 0) is 24.0 Å². The van der Waals surface area contributed by atoms with E-state index in [1.807, 2.05) is 18.2 Å². The zero-order chi connectivity index (χ0) is 11.2. The highest BCUT2D eigenvalue weighted by Crippen LogP contribution is 2.50. The molecule has 0 radical (unpaired) electrons. The Hall–Kier alpha value is -1.35. The van der Waals surface area contributed by atoms with E-state index >= 15 is 0 Å². The second-order valence-corrected chi connectivity index (χ2v) is 4.92. The predicted octanol–water partition coefficient (Wildman–Crippen LogP) is 1.17. The molecule has 84 valence electrons. The molecule has 1 spiro atoms. The topological polar surface area (TPSA) is 49.3 Å². The molecule has 3 nitrogen and oxygen atoms in total. The van der Waals surface area contributed by atoms with Gasteiger partial charge in [-0.15, -0.1) is 0 Å². The van der Waals surface area contributed by atoms with Crippen molar-refractivity contribution in [3.05, 3.63) is 35.4 Å². The summed E-state index contributed by atoms with van der Waals surface area (Å²) in [7, 11) is 0. The van der Waals surface area contributed by atoms with Gasteiger partial charge in [0.25, 0.3) is 0 Å². The number of carbonyl (C=O) groups excluding carboxylic acids is 1. The SMILES string of the molecule is O=C1CC2(CCN1)Cc1ccccc1[C@@H]2O. The summed E-state index contributed by atoms with van der Waals surface area (Å²) in [5.41, 5.74) is 1.97. The highest BCUT2D eigenvalue weighted by Gasteiger charge is 2.47. The largest absolute Gasteiger partial charge is 0.388 e. The zero-order valence-corrected chi connectivity index (χ0v) is 9.07. The van der Waals surface area contributed by atoms with E-state index < -0.39 is 6.10 Å². The van der Waals surface area contributed by atoms with E-state index in [4.69, 9.17) is 0 Å². The molecule has 3 heteroatoms. The minimum absolute atomic E-state index is 0.0677. The van der Waals surface area contributed by atoms with Gasteiger partial charge in [-0.2, -0.15) is 0 Å². The first-order chi connectivity index (χ1) is 7.71. The average Bonchev–Trinajstić information content (AvgIpc) is 2.53. The van der Waals surface area contributed by atoms with Crippen molar-refractivity contribution in [2.75, 3.05) is 6.54 Å². The molecule has 1 fully saturated rings. The van der Waals surface area contributed by atoms with Crippen molar-refractivity contribution in [1.82, 2.24) is 5.32 Å². The molecule has 1 aliphatic heterocycles. The van der Waals surface area contributed by atoms with Crippen LogP contribution in [0.2, 0.25) is 0 Å². The molecule has 3 rings (SSSR count). The van der Waals surface area contributed by atoms with Gasteiger partial charge < -0.3 is 10.4 Å². The third kappa shape index (κ3) is 1.28. The van der Waals surface area contributed by atoms with Gasteiger partial charge in [0.15, 0.2) is 0 Å². The Morgan fingerprint density at radius 2 is 2.12 bits per heavy atom. The smallest absolute Gasteiger partial charge is 0.220 e. The molecule has 2 atom stereocenters. The number of amides is 1. The first-order valence-electron chi connectivity index (χ1n) is 5.74. The first kappa shape index (κ1) is 9.85. The van der Waals surface area contributed by atoms with E-state index in [0.717, 1.165) is 18.4 Å². The lowest BCUT2D eigenvalue weighted by molar-refractivity contribution is -0.129. The molecule has 1 heterocycles. The van der Waals surface area contributed by atoms with Crippen molar-refractivity contribution in [3.63, 3.8) is 0 Å². The van der Waals surface area contributed by atoms with Crippen LogP contribution in [0.15, 0.2) is 24.3 Å². The van der Waals surface area contributed by atoms with E-state index in [1.54, 1.807) is 0 Å². The summed E-state index contributed by atoms with van der Waals surface area (Å²) in [6.45, 7) is 0.684. The highest BCUT2D eigenvalue weighted by molar-refractivity contribution is 5.78. The lowest BCUT2D eigenvalue weighted by Gasteiger charge is -2.36. The van der Waals surface area contributed by atoms with Gasteiger partial charge in [-0.3, -0.25) is 4.79 Å². The molecule has 2 N–H and O–H groups in total. The van der Waals surface area contributed by atoms with Crippen LogP contribution in [0.1, 0.15) is 30.1 Å². The molecule has 1 saturated heterocycles. The minimum atomic E-state index is -0.477. The van der Waals surface area contributed by atoms with Crippen molar-refractivity contribution >= 4 is 5.91 Å². The lowest BCUT2D eigenvalue weighted by Crippen LogP contribution is -2.43. The summed E-state index contributed by atoms with van der Waals surface area (Å²) in [5.74, 6) is 0.0677. The quantitative estimate of drug-likeness (QED) is 0.685. The van der Waals surface area contributed by atoms with E-state index in [9.17, 15) is 9.90 Å². The molecule has 0 bridgehead atoms. The van der Waals surface area contributed by atoms with E-state index in [-0.39, 0.29) is 11.3 Å². The molecule has 16 heavy (non-hydrogen) atoms. The maximum atomic E-state index is 11.5. The zero-order valence-electron chi connectivity index (χ0n) is 9.07. The van der Waals surface area contributed by atoms with E-state index in [1.165, 1.54) is 5.56 Å². The molecule has 0 saturated carbocycles. The van der Waals surface area contributed by atoms with Crippen molar-refractivity contribution in [3.8, 4) is 0 Å². The average molecular weight is 217 g/mol. The van der Waals surface area contributed by atoms with Crippen LogP contribution < -0.4 is 5.32 Å². The number of aliphatic hydroxyl groups excluding tert-OH is 1. The third-order valence-electron chi connectivity index (χ3n) is 3.93. The van der Waals surface area contributed by atoms with Crippen molar-refractivity contribution < 1.29 is 9.90 Å². The molecule has 1 unspecified atom stereocenters. The fourth-order valence-corrected chi connectivity index (χ4v) is 3.07. The predicted molar refractivity (Wildman–Crippen MR) is 59.8 cm³/mol. The summed E-state index contributed by atoms with van der Waals surface area (Å²) in [6.07, 6.45) is 1.67. The van der Waals surface area contributed by atoms with Gasteiger partial charge in [0.1, 0.15) is 0 Å². The first-order valence-corrected chi connectivity index (χ1v) is 5.74. The fraction of sp³-hybridized carbons (Fsp3) is 0.462. The summed E-state index contributed by atoms with van der Waals surface area (Å²) in [4.78, 5) is 11.5. The second-order valence-electron chi connectivity index (χ2n) is 4.92. The maximum Gasteiger partial charge on any atom is 0.220 e. The summed E-state index contributed by atoms with van der Waals surface area (Å²) in [5, 5.41) is 13.2. The van der Waals surface area contributed by atoms with Crippen LogP contribution in [0.4, 0.5) is 0 Å². The molecule has 2 aliphatic rings. The minimum Gasteiger partial charge on any atom is -0.388 e. The third-order valence-corrected chi connectivity index (χ3v) is 3.93. The van der Waals surface area contributed by atoms with E-state index in [2.05, 4.69) is 11.4 Å². The molecule has 1 aromatic carbocycles. The Balaban J connectivity index is 1.99. The van der Waals surface area contributed by atoms with Gasteiger partial charge in [-0.25, -0.2) is 0 Å². The number of piperidine rings is 1. The van der Waals surface area contributed by atoms with Crippen molar-refractivity contribution in [2.45, 2.75) is 25.4 Å². The lowest BCUT2D eigenvalue weighted by atomic mass is 9.74. The second kappa shape index (κ2) is 3.32. The van der Waals surface area contributed by atoms with Crippen LogP contribution in [-0.2, 0) is 11.2 Å². The van der Waals surface area contributed by atoms with Crippen molar-refractivity contribution in [2.24, 2.45) is 5.41 Å². The van der Waals surface area contributed by atoms with Gasteiger partial charge in [0, 0.05) is 18.4 Å². The summed E-state index contributed by atoms with van der Waals surface area (Å²) < 4.78 is 0. The number of fused-ring (bicyclic) bond motifs is 1. The Morgan fingerprint density at radius 1 is 1.31 bits per heavy atom. The number of benzene rings is 1. The number of hydrogen-bond donors (Lipinski definition) is 2. The molecular weight excluding hydrogens is 202 g/mol. The van der Waals surface area contributed by atoms with Gasteiger partial charge in [0.2, 0.25) is 5.91 Å². The number of carbonyl (C=O) groups is 1. The Labute approximate surface area is 94.5 Å². The van der Waals surface area contributed by atoms with Crippen LogP contribution in [0, 0.1) is 5.41 Å².